The van der Waals surface area contributed by atoms with E-state index in [1.807, 2.05) is 12.1 Å². The van der Waals surface area contributed by atoms with Crippen LogP contribution in [0.1, 0.15) is 31.0 Å². The quantitative estimate of drug-likeness (QED) is 0.668. The summed E-state index contributed by atoms with van der Waals surface area (Å²) >= 11 is 3.48. The molecule has 5 nitrogen and oxygen atoms in total. The van der Waals surface area contributed by atoms with Gasteiger partial charge in [0.15, 0.2) is 0 Å². The lowest BCUT2D eigenvalue weighted by Gasteiger charge is -2.10. The number of halogens is 1. The maximum absolute atomic E-state index is 5.88. The molecule has 2 heterocycles. The Bertz CT molecular complexity index is 708. The molecule has 6 heteroatoms. The Balaban J connectivity index is 1.55. The van der Waals surface area contributed by atoms with Crippen molar-refractivity contribution < 1.29 is 4.42 Å². The molecule has 0 aliphatic rings. The maximum atomic E-state index is 5.88. The lowest BCUT2D eigenvalue weighted by Crippen LogP contribution is -2.19. The number of fused-ring (bicyclic) bond motifs is 1. The van der Waals surface area contributed by atoms with Gasteiger partial charge in [0.1, 0.15) is 23.5 Å². The molecule has 0 spiro atoms. The van der Waals surface area contributed by atoms with E-state index in [1.54, 1.807) is 0 Å². The number of aromatic nitrogens is 3. The van der Waals surface area contributed by atoms with Gasteiger partial charge in [0.2, 0.25) is 0 Å². The highest BCUT2D eigenvalue weighted by molar-refractivity contribution is 9.10. The van der Waals surface area contributed by atoms with Crippen LogP contribution >= 0.6 is 15.9 Å². The summed E-state index contributed by atoms with van der Waals surface area (Å²) in [6.45, 7) is 3.02. The molecule has 1 aromatic carbocycles. The molecule has 110 valence electrons. The van der Waals surface area contributed by atoms with Crippen molar-refractivity contribution in [1.29, 1.82) is 0 Å². The molecule has 0 amide bonds. The standard InChI is InChI=1S/C15H17BrN4O/c1-10(17-6-2-3-15-18-9-19-20-15)14-8-11-7-12(16)4-5-13(11)21-14/h4-5,7-10,17H,2-3,6H2,1H3,(H,18,19,20). The van der Waals surface area contributed by atoms with E-state index in [0.29, 0.717) is 0 Å². The summed E-state index contributed by atoms with van der Waals surface area (Å²) in [5.74, 6) is 1.89. The molecule has 0 aliphatic heterocycles. The second-order valence-electron chi connectivity index (χ2n) is 5.04. The van der Waals surface area contributed by atoms with E-state index in [4.69, 9.17) is 4.42 Å². The molecular weight excluding hydrogens is 332 g/mol. The Morgan fingerprint density at radius 2 is 2.29 bits per heavy atom. The lowest BCUT2D eigenvalue weighted by molar-refractivity contribution is 0.448. The number of aromatic amines is 1. The van der Waals surface area contributed by atoms with Crippen molar-refractivity contribution in [2.75, 3.05) is 6.54 Å². The van der Waals surface area contributed by atoms with Crippen LogP contribution < -0.4 is 5.32 Å². The van der Waals surface area contributed by atoms with E-state index in [0.717, 1.165) is 46.4 Å². The zero-order valence-corrected chi connectivity index (χ0v) is 13.4. The van der Waals surface area contributed by atoms with Gasteiger partial charge < -0.3 is 9.73 Å². The van der Waals surface area contributed by atoms with Crippen LogP contribution in [0.25, 0.3) is 11.0 Å². The topological polar surface area (TPSA) is 66.7 Å². The van der Waals surface area contributed by atoms with Crippen molar-refractivity contribution >= 4 is 26.9 Å². The third kappa shape index (κ3) is 3.51. The van der Waals surface area contributed by atoms with Gasteiger partial charge >= 0.3 is 0 Å². The number of hydrogen-bond donors (Lipinski definition) is 2. The van der Waals surface area contributed by atoms with Gasteiger partial charge in [-0.2, -0.15) is 5.10 Å². The molecule has 0 bridgehead atoms. The summed E-state index contributed by atoms with van der Waals surface area (Å²) < 4.78 is 6.94. The van der Waals surface area contributed by atoms with Crippen molar-refractivity contribution in [3.8, 4) is 0 Å². The van der Waals surface area contributed by atoms with Crippen LogP contribution in [-0.4, -0.2) is 21.7 Å². The first kappa shape index (κ1) is 14.3. The molecule has 3 rings (SSSR count). The maximum Gasteiger partial charge on any atom is 0.137 e. The number of H-pyrrole nitrogens is 1. The van der Waals surface area contributed by atoms with Crippen LogP contribution in [-0.2, 0) is 6.42 Å². The highest BCUT2D eigenvalue weighted by Crippen LogP contribution is 2.26. The number of nitrogens with zero attached hydrogens (tertiary/aromatic N) is 2. The number of rotatable bonds is 6. The zero-order chi connectivity index (χ0) is 14.7. The second kappa shape index (κ2) is 6.41. The first-order chi connectivity index (χ1) is 10.2. The van der Waals surface area contributed by atoms with Crippen LogP contribution in [0.4, 0.5) is 0 Å². The third-order valence-corrected chi connectivity index (χ3v) is 3.92. The van der Waals surface area contributed by atoms with Crippen LogP contribution in [0, 0.1) is 0 Å². The van der Waals surface area contributed by atoms with E-state index in [-0.39, 0.29) is 6.04 Å². The Morgan fingerprint density at radius 3 is 3.10 bits per heavy atom. The van der Waals surface area contributed by atoms with Gasteiger partial charge in [0.05, 0.1) is 6.04 Å². The fourth-order valence-electron chi connectivity index (χ4n) is 2.27. The first-order valence-electron chi connectivity index (χ1n) is 6.99. The summed E-state index contributed by atoms with van der Waals surface area (Å²) in [7, 11) is 0. The van der Waals surface area contributed by atoms with E-state index >= 15 is 0 Å². The van der Waals surface area contributed by atoms with Gasteiger partial charge in [-0.3, -0.25) is 5.10 Å². The van der Waals surface area contributed by atoms with Crippen molar-refractivity contribution in [2.24, 2.45) is 0 Å². The van der Waals surface area contributed by atoms with E-state index in [2.05, 4.69) is 55.5 Å². The van der Waals surface area contributed by atoms with Crippen molar-refractivity contribution in [3.63, 3.8) is 0 Å². The van der Waals surface area contributed by atoms with Crippen molar-refractivity contribution in [2.45, 2.75) is 25.8 Å². The molecule has 0 radical (unpaired) electrons. The van der Waals surface area contributed by atoms with Crippen LogP contribution in [0.3, 0.4) is 0 Å². The summed E-state index contributed by atoms with van der Waals surface area (Å²) in [4.78, 5) is 4.11. The molecular formula is C15H17BrN4O. The molecule has 0 saturated carbocycles. The minimum atomic E-state index is 0.186. The minimum absolute atomic E-state index is 0.186. The van der Waals surface area contributed by atoms with Gasteiger partial charge in [0, 0.05) is 16.3 Å². The number of furan rings is 1. The molecule has 1 unspecified atom stereocenters. The Morgan fingerprint density at radius 1 is 1.38 bits per heavy atom. The van der Waals surface area contributed by atoms with Gasteiger partial charge in [-0.25, -0.2) is 4.98 Å². The minimum Gasteiger partial charge on any atom is -0.459 e. The third-order valence-electron chi connectivity index (χ3n) is 3.43. The fourth-order valence-corrected chi connectivity index (χ4v) is 2.65. The molecule has 1 atom stereocenters. The van der Waals surface area contributed by atoms with Gasteiger partial charge in [-0.15, -0.1) is 0 Å². The van der Waals surface area contributed by atoms with E-state index in [1.165, 1.54) is 6.33 Å². The SMILES string of the molecule is CC(NCCCc1ncn[nH]1)c1cc2cc(Br)ccc2o1. The summed E-state index contributed by atoms with van der Waals surface area (Å²) in [6, 6.07) is 8.32. The van der Waals surface area contributed by atoms with Crippen molar-refractivity contribution in [3.05, 3.63) is 46.7 Å². The van der Waals surface area contributed by atoms with E-state index < -0.39 is 0 Å². The molecule has 21 heavy (non-hydrogen) atoms. The highest BCUT2D eigenvalue weighted by Gasteiger charge is 2.11. The monoisotopic (exact) mass is 348 g/mol. The average Bonchev–Trinajstić information content (AvgIpc) is 3.11. The Hall–Kier alpha value is -1.66. The average molecular weight is 349 g/mol. The number of nitrogens with one attached hydrogen (secondary N) is 2. The number of hydrogen-bond acceptors (Lipinski definition) is 4. The van der Waals surface area contributed by atoms with Crippen LogP contribution in [0.15, 0.2) is 39.5 Å². The second-order valence-corrected chi connectivity index (χ2v) is 5.96. The molecule has 3 aromatic rings. The number of benzene rings is 1. The van der Waals surface area contributed by atoms with Gasteiger partial charge in [-0.05, 0) is 44.2 Å². The zero-order valence-electron chi connectivity index (χ0n) is 11.8. The molecule has 0 saturated heterocycles. The first-order valence-corrected chi connectivity index (χ1v) is 7.78. The normalized spacial score (nSPS) is 12.9. The highest BCUT2D eigenvalue weighted by atomic mass is 79.9. The molecule has 2 aromatic heterocycles. The fraction of sp³-hybridized carbons (Fsp3) is 0.333. The van der Waals surface area contributed by atoms with Gasteiger partial charge in [-0.1, -0.05) is 15.9 Å². The van der Waals surface area contributed by atoms with Crippen LogP contribution in [0.5, 0.6) is 0 Å². The molecule has 2 N–H and O–H groups in total. The summed E-state index contributed by atoms with van der Waals surface area (Å²) in [5.41, 5.74) is 0.920. The van der Waals surface area contributed by atoms with Gasteiger partial charge in [0.25, 0.3) is 0 Å². The predicted molar refractivity (Wildman–Crippen MR) is 85.0 cm³/mol. The summed E-state index contributed by atoms with van der Waals surface area (Å²) in [6.07, 6.45) is 3.44. The van der Waals surface area contributed by atoms with Crippen molar-refractivity contribution in [1.82, 2.24) is 20.5 Å². The Labute approximate surface area is 131 Å². The molecule has 0 aliphatic carbocycles. The van der Waals surface area contributed by atoms with E-state index in [9.17, 15) is 0 Å². The smallest absolute Gasteiger partial charge is 0.137 e. The lowest BCUT2D eigenvalue weighted by atomic mass is 10.2. The Kier molecular flexibility index (Phi) is 4.36. The molecule has 0 fully saturated rings. The van der Waals surface area contributed by atoms with Crippen LogP contribution in [0.2, 0.25) is 0 Å². The summed E-state index contributed by atoms with van der Waals surface area (Å²) in [5, 5.41) is 11.3. The predicted octanol–water partition coefficient (Wildman–Crippen LogP) is 3.60. The number of aryl methyl sites for hydroxylation is 1. The largest absolute Gasteiger partial charge is 0.459 e.